The number of aromatic nitrogens is 2. The second-order valence-corrected chi connectivity index (χ2v) is 4.65. The summed E-state index contributed by atoms with van der Waals surface area (Å²) in [5.41, 5.74) is 8.09. The van der Waals surface area contributed by atoms with Gasteiger partial charge in [0.15, 0.2) is 0 Å². The van der Waals surface area contributed by atoms with E-state index in [2.05, 4.69) is 29.2 Å². The van der Waals surface area contributed by atoms with Crippen molar-refractivity contribution in [2.45, 2.75) is 39.2 Å². The maximum atomic E-state index is 5.83. The fraction of sp³-hybridized carbons (Fsp3) is 0.429. The fourth-order valence-electron chi connectivity index (χ4n) is 1.65. The lowest BCUT2D eigenvalue weighted by Gasteiger charge is -2.09. The molecule has 2 rings (SSSR count). The third-order valence-corrected chi connectivity index (χ3v) is 3.24. The van der Waals surface area contributed by atoms with Crippen LogP contribution in [0.1, 0.15) is 38.1 Å². The second-order valence-electron chi connectivity index (χ2n) is 4.65. The number of aryl methyl sites for hydroxylation is 1. The van der Waals surface area contributed by atoms with E-state index in [-0.39, 0.29) is 12.0 Å². The van der Waals surface area contributed by atoms with Gasteiger partial charge in [-0.2, -0.15) is 4.98 Å². The predicted octanol–water partition coefficient (Wildman–Crippen LogP) is 2.75. The van der Waals surface area contributed by atoms with Crippen LogP contribution in [0.15, 0.2) is 28.8 Å². The van der Waals surface area contributed by atoms with E-state index in [0.29, 0.717) is 11.7 Å². The molecule has 18 heavy (non-hydrogen) atoms. The Morgan fingerprint density at radius 1 is 1.22 bits per heavy atom. The molecule has 0 fully saturated rings. The molecular weight excluding hydrogens is 226 g/mol. The van der Waals surface area contributed by atoms with Crippen molar-refractivity contribution in [1.29, 1.82) is 0 Å². The molecule has 2 atom stereocenters. The lowest BCUT2D eigenvalue weighted by molar-refractivity contribution is 0.347. The number of hydrogen-bond acceptors (Lipinski definition) is 4. The van der Waals surface area contributed by atoms with Gasteiger partial charge >= 0.3 is 0 Å². The van der Waals surface area contributed by atoms with E-state index >= 15 is 0 Å². The monoisotopic (exact) mass is 245 g/mol. The third kappa shape index (κ3) is 2.59. The average molecular weight is 245 g/mol. The topological polar surface area (TPSA) is 64.9 Å². The summed E-state index contributed by atoms with van der Waals surface area (Å²) in [4.78, 5) is 4.40. The molecule has 0 aliphatic carbocycles. The molecule has 0 saturated heterocycles. The standard InChI is InChI=1S/C14H19N3O/c1-4-11-5-7-12(8-6-11)13-16-14(18-17-13)9(2)10(3)15/h5-10H,4,15H2,1-3H3. The van der Waals surface area contributed by atoms with E-state index in [0.717, 1.165) is 12.0 Å². The Kier molecular flexibility index (Phi) is 3.77. The summed E-state index contributed by atoms with van der Waals surface area (Å²) in [6.07, 6.45) is 1.03. The van der Waals surface area contributed by atoms with Crippen LogP contribution in [-0.2, 0) is 6.42 Å². The van der Waals surface area contributed by atoms with Gasteiger partial charge in [0.2, 0.25) is 11.7 Å². The summed E-state index contributed by atoms with van der Waals surface area (Å²) >= 11 is 0. The summed E-state index contributed by atoms with van der Waals surface area (Å²) in [7, 11) is 0. The molecule has 96 valence electrons. The fourth-order valence-corrected chi connectivity index (χ4v) is 1.65. The normalized spacial score (nSPS) is 14.4. The number of nitrogens with two attached hydrogens (primary N) is 1. The van der Waals surface area contributed by atoms with E-state index in [9.17, 15) is 0 Å². The van der Waals surface area contributed by atoms with Crippen molar-refractivity contribution in [2.24, 2.45) is 5.73 Å². The van der Waals surface area contributed by atoms with Crippen molar-refractivity contribution in [3.8, 4) is 11.4 Å². The van der Waals surface area contributed by atoms with Gasteiger partial charge in [-0.25, -0.2) is 0 Å². The quantitative estimate of drug-likeness (QED) is 0.899. The smallest absolute Gasteiger partial charge is 0.231 e. The van der Waals surface area contributed by atoms with Gasteiger partial charge in [0, 0.05) is 11.6 Å². The van der Waals surface area contributed by atoms with Crippen molar-refractivity contribution in [1.82, 2.24) is 10.1 Å². The Hall–Kier alpha value is -1.68. The van der Waals surface area contributed by atoms with E-state index in [1.165, 1.54) is 5.56 Å². The van der Waals surface area contributed by atoms with Crippen LogP contribution in [0.2, 0.25) is 0 Å². The van der Waals surface area contributed by atoms with Gasteiger partial charge < -0.3 is 10.3 Å². The van der Waals surface area contributed by atoms with Crippen LogP contribution in [-0.4, -0.2) is 16.2 Å². The predicted molar refractivity (Wildman–Crippen MR) is 71.2 cm³/mol. The van der Waals surface area contributed by atoms with Gasteiger partial charge in [-0.3, -0.25) is 0 Å². The van der Waals surface area contributed by atoms with Crippen LogP contribution in [0.5, 0.6) is 0 Å². The van der Waals surface area contributed by atoms with Crippen molar-refractivity contribution >= 4 is 0 Å². The number of nitrogens with zero attached hydrogens (tertiary/aromatic N) is 2. The van der Waals surface area contributed by atoms with Crippen molar-refractivity contribution in [3.05, 3.63) is 35.7 Å². The van der Waals surface area contributed by atoms with Crippen LogP contribution >= 0.6 is 0 Å². The lowest BCUT2D eigenvalue weighted by Crippen LogP contribution is -2.22. The zero-order valence-corrected chi connectivity index (χ0v) is 11.1. The molecule has 4 nitrogen and oxygen atoms in total. The first-order valence-electron chi connectivity index (χ1n) is 6.30. The molecule has 1 aromatic carbocycles. The molecule has 0 amide bonds. The van der Waals surface area contributed by atoms with Crippen molar-refractivity contribution in [2.75, 3.05) is 0 Å². The molecule has 0 saturated carbocycles. The summed E-state index contributed by atoms with van der Waals surface area (Å²) in [5.74, 6) is 1.29. The van der Waals surface area contributed by atoms with Crippen LogP contribution in [0.25, 0.3) is 11.4 Å². The minimum Gasteiger partial charge on any atom is -0.339 e. The molecule has 0 bridgehead atoms. The Balaban J connectivity index is 2.23. The molecule has 0 spiro atoms. The van der Waals surface area contributed by atoms with E-state index < -0.39 is 0 Å². The molecule has 2 aromatic rings. The lowest BCUT2D eigenvalue weighted by atomic mass is 10.1. The highest BCUT2D eigenvalue weighted by molar-refractivity contribution is 5.54. The van der Waals surface area contributed by atoms with Crippen LogP contribution < -0.4 is 5.73 Å². The Bertz CT molecular complexity index is 502. The first-order valence-corrected chi connectivity index (χ1v) is 6.30. The number of hydrogen-bond donors (Lipinski definition) is 1. The highest BCUT2D eigenvalue weighted by atomic mass is 16.5. The molecule has 1 heterocycles. The zero-order chi connectivity index (χ0) is 13.1. The molecule has 1 aromatic heterocycles. The summed E-state index contributed by atoms with van der Waals surface area (Å²) in [5, 5.41) is 4.00. The highest BCUT2D eigenvalue weighted by Gasteiger charge is 2.18. The van der Waals surface area contributed by atoms with E-state index in [1.807, 2.05) is 26.0 Å². The number of rotatable bonds is 4. The minimum absolute atomic E-state index is 0.000711. The van der Waals surface area contributed by atoms with Crippen LogP contribution in [0, 0.1) is 0 Å². The molecular formula is C14H19N3O. The second kappa shape index (κ2) is 5.31. The summed E-state index contributed by atoms with van der Waals surface area (Å²) in [6, 6.07) is 8.20. The first-order chi connectivity index (χ1) is 8.61. The largest absolute Gasteiger partial charge is 0.339 e. The highest BCUT2D eigenvalue weighted by Crippen LogP contribution is 2.21. The summed E-state index contributed by atoms with van der Waals surface area (Å²) < 4.78 is 5.26. The van der Waals surface area contributed by atoms with Gasteiger partial charge in [-0.15, -0.1) is 0 Å². The minimum atomic E-state index is 0.000711. The van der Waals surface area contributed by atoms with Gasteiger partial charge in [-0.05, 0) is 18.9 Å². The Labute approximate surface area is 107 Å². The molecule has 2 unspecified atom stereocenters. The summed E-state index contributed by atoms with van der Waals surface area (Å²) in [6.45, 7) is 6.05. The SMILES string of the molecule is CCc1ccc(-c2noc(C(C)C(C)N)n2)cc1. The van der Waals surface area contributed by atoms with Crippen molar-refractivity contribution in [3.63, 3.8) is 0 Å². The molecule has 4 heteroatoms. The Morgan fingerprint density at radius 2 is 1.89 bits per heavy atom. The average Bonchev–Trinajstić information content (AvgIpc) is 2.87. The van der Waals surface area contributed by atoms with E-state index in [4.69, 9.17) is 10.3 Å². The van der Waals surface area contributed by atoms with E-state index in [1.54, 1.807) is 0 Å². The molecule has 0 aliphatic rings. The van der Waals surface area contributed by atoms with Gasteiger partial charge in [0.1, 0.15) is 0 Å². The maximum absolute atomic E-state index is 5.83. The Morgan fingerprint density at radius 3 is 2.44 bits per heavy atom. The van der Waals surface area contributed by atoms with Gasteiger partial charge in [0.25, 0.3) is 0 Å². The van der Waals surface area contributed by atoms with Crippen molar-refractivity contribution < 1.29 is 4.52 Å². The molecule has 0 aliphatic heterocycles. The molecule has 2 N–H and O–H groups in total. The van der Waals surface area contributed by atoms with Gasteiger partial charge in [-0.1, -0.05) is 43.3 Å². The zero-order valence-electron chi connectivity index (χ0n) is 11.1. The first kappa shape index (κ1) is 12.8. The van der Waals surface area contributed by atoms with Crippen LogP contribution in [0.3, 0.4) is 0 Å². The third-order valence-electron chi connectivity index (χ3n) is 3.24. The number of benzene rings is 1. The van der Waals surface area contributed by atoms with Gasteiger partial charge in [0.05, 0.1) is 5.92 Å². The van der Waals surface area contributed by atoms with Crippen LogP contribution in [0.4, 0.5) is 0 Å². The molecule has 0 radical (unpaired) electrons. The maximum Gasteiger partial charge on any atom is 0.231 e.